The van der Waals surface area contributed by atoms with Crippen LogP contribution in [-0.4, -0.2) is 36.0 Å². The van der Waals surface area contributed by atoms with Gasteiger partial charge in [-0.2, -0.15) is 0 Å². The van der Waals surface area contributed by atoms with Gasteiger partial charge in [0.05, 0.1) is 18.8 Å². The number of hydrogen-bond acceptors (Lipinski definition) is 3. The molecule has 110 valence electrons. The van der Waals surface area contributed by atoms with Gasteiger partial charge in [0.25, 0.3) is 0 Å². The Kier molecular flexibility index (Phi) is 5.69. The Morgan fingerprint density at radius 1 is 1.00 bits per heavy atom. The molecule has 3 nitrogen and oxygen atoms in total. The first-order chi connectivity index (χ1) is 10.2. The van der Waals surface area contributed by atoms with Crippen LogP contribution in [0.3, 0.4) is 0 Å². The molecule has 2 atom stereocenters. The van der Waals surface area contributed by atoms with E-state index in [0.717, 1.165) is 11.1 Å². The predicted octanol–water partition coefficient (Wildman–Crippen LogP) is 2.31. The number of aliphatic hydroxyl groups excluding tert-OH is 2. The van der Waals surface area contributed by atoms with Gasteiger partial charge in [0.15, 0.2) is 0 Å². The molecule has 0 aliphatic rings. The van der Waals surface area contributed by atoms with Gasteiger partial charge in [0.1, 0.15) is 0 Å². The highest BCUT2D eigenvalue weighted by Crippen LogP contribution is 2.19. The molecule has 0 aliphatic heterocycles. The summed E-state index contributed by atoms with van der Waals surface area (Å²) in [6, 6.07) is 18.0. The quantitative estimate of drug-likeness (QED) is 0.762. The molecule has 0 heterocycles. The fourth-order valence-electron chi connectivity index (χ4n) is 2.13. The zero-order chi connectivity index (χ0) is 15.1. The van der Waals surface area contributed by atoms with Gasteiger partial charge in [0, 0.05) is 0 Å². The maximum Gasteiger partial charge on any atom is 0.0899 e. The third-order valence-electron chi connectivity index (χ3n) is 3.48. The molecule has 3 N–H and O–H groups in total. The Morgan fingerprint density at radius 2 is 1.62 bits per heavy atom. The van der Waals surface area contributed by atoms with Crippen LogP contribution in [0.5, 0.6) is 0 Å². The van der Waals surface area contributed by atoms with E-state index in [1.807, 2.05) is 36.4 Å². The number of hydrogen-bond donors (Lipinski definition) is 3. The van der Waals surface area contributed by atoms with Crippen molar-refractivity contribution in [1.29, 1.82) is 0 Å². The lowest BCUT2D eigenvalue weighted by molar-refractivity contribution is 0.128. The Balaban J connectivity index is 2.06. The minimum atomic E-state index is -0.714. The molecule has 0 fully saturated rings. The summed E-state index contributed by atoms with van der Waals surface area (Å²) in [5, 5.41) is 21.9. The van der Waals surface area contributed by atoms with Crippen LogP contribution in [0.2, 0.25) is 0 Å². The number of benzene rings is 2. The molecule has 0 amide bonds. The standard InChI is InChI=1S/C18H21NO2/c1-19-17(13-20)18(21)12-9-14-7-10-16(11-8-14)15-5-3-2-4-6-15/h2-12,17-21H,13H2,1H3/b12-9+/t17-,18+/m1/s1. The van der Waals surface area contributed by atoms with Crippen LogP contribution in [0.25, 0.3) is 17.2 Å². The smallest absolute Gasteiger partial charge is 0.0899 e. The zero-order valence-electron chi connectivity index (χ0n) is 12.1. The van der Waals surface area contributed by atoms with Crippen molar-refractivity contribution < 1.29 is 10.2 Å². The lowest BCUT2D eigenvalue weighted by Crippen LogP contribution is -2.39. The second-order valence-electron chi connectivity index (χ2n) is 4.92. The van der Waals surface area contributed by atoms with Gasteiger partial charge < -0.3 is 15.5 Å². The summed E-state index contributed by atoms with van der Waals surface area (Å²) in [6.07, 6.45) is 2.84. The highest BCUT2D eigenvalue weighted by atomic mass is 16.3. The van der Waals surface area contributed by atoms with Crippen molar-refractivity contribution in [2.45, 2.75) is 12.1 Å². The van der Waals surface area contributed by atoms with Crippen LogP contribution in [0.4, 0.5) is 0 Å². The van der Waals surface area contributed by atoms with E-state index in [1.165, 1.54) is 5.56 Å². The fourth-order valence-corrected chi connectivity index (χ4v) is 2.13. The number of likely N-dealkylation sites (N-methyl/N-ethyl adjacent to an activating group) is 1. The summed E-state index contributed by atoms with van der Waals surface area (Å²) in [7, 11) is 1.71. The van der Waals surface area contributed by atoms with Gasteiger partial charge in [-0.15, -0.1) is 0 Å². The van der Waals surface area contributed by atoms with Crippen molar-refractivity contribution in [2.24, 2.45) is 0 Å². The Bertz CT molecular complexity index is 560. The van der Waals surface area contributed by atoms with Gasteiger partial charge in [-0.3, -0.25) is 0 Å². The van der Waals surface area contributed by atoms with Gasteiger partial charge in [-0.05, 0) is 23.7 Å². The first kappa shape index (κ1) is 15.4. The SMILES string of the molecule is CN[C@H](CO)[C@@H](O)/C=C/c1ccc(-c2ccccc2)cc1. The van der Waals surface area contributed by atoms with E-state index in [9.17, 15) is 5.11 Å². The fraction of sp³-hybridized carbons (Fsp3) is 0.222. The molecule has 0 spiro atoms. The minimum Gasteiger partial charge on any atom is -0.395 e. The van der Waals surface area contributed by atoms with Crippen molar-refractivity contribution in [3.8, 4) is 11.1 Å². The molecule has 3 heteroatoms. The summed E-state index contributed by atoms with van der Waals surface area (Å²) in [6.45, 7) is -0.102. The molecular formula is C18H21NO2. The number of nitrogens with one attached hydrogen (secondary N) is 1. The molecule has 0 unspecified atom stereocenters. The van der Waals surface area contributed by atoms with Crippen LogP contribution in [-0.2, 0) is 0 Å². The van der Waals surface area contributed by atoms with Crippen LogP contribution in [0, 0.1) is 0 Å². The average Bonchev–Trinajstić information content (AvgIpc) is 2.55. The highest BCUT2D eigenvalue weighted by molar-refractivity contribution is 5.65. The van der Waals surface area contributed by atoms with Crippen LogP contribution in [0.1, 0.15) is 5.56 Å². The first-order valence-electron chi connectivity index (χ1n) is 7.04. The van der Waals surface area contributed by atoms with E-state index < -0.39 is 6.10 Å². The Hall–Kier alpha value is -1.94. The van der Waals surface area contributed by atoms with E-state index >= 15 is 0 Å². The largest absolute Gasteiger partial charge is 0.395 e. The van der Waals surface area contributed by atoms with E-state index in [0.29, 0.717) is 0 Å². The second kappa shape index (κ2) is 7.74. The third-order valence-corrected chi connectivity index (χ3v) is 3.48. The topological polar surface area (TPSA) is 52.5 Å². The molecule has 2 aromatic rings. The van der Waals surface area contributed by atoms with Crippen molar-refractivity contribution >= 4 is 6.08 Å². The molecule has 2 aromatic carbocycles. The summed E-state index contributed by atoms with van der Waals surface area (Å²) < 4.78 is 0. The zero-order valence-corrected chi connectivity index (χ0v) is 12.1. The van der Waals surface area contributed by atoms with Crippen molar-refractivity contribution in [1.82, 2.24) is 5.32 Å². The Labute approximate surface area is 125 Å². The molecule has 2 rings (SSSR count). The maximum absolute atomic E-state index is 9.89. The monoisotopic (exact) mass is 283 g/mol. The molecule has 0 aromatic heterocycles. The predicted molar refractivity (Wildman–Crippen MR) is 86.9 cm³/mol. The lowest BCUT2D eigenvalue weighted by atomic mass is 10.0. The van der Waals surface area contributed by atoms with Gasteiger partial charge in [-0.25, -0.2) is 0 Å². The lowest BCUT2D eigenvalue weighted by Gasteiger charge is -2.16. The van der Waals surface area contributed by atoms with Crippen LogP contribution in [0.15, 0.2) is 60.7 Å². The summed E-state index contributed by atoms with van der Waals surface area (Å²) >= 11 is 0. The van der Waals surface area contributed by atoms with E-state index in [2.05, 4.69) is 29.6 Å². The van der Waals surface area contributed by atoms with Crippen molar-refractivity contribution in [3.63, 3.8) is 0 Å². The van der Waals surface area contributed by atoms with E-state index in [4.69, 9.17) is 5.11 Å². The molecular weight excluding hydrogens is 262 g/mol. The molecule has 0 bridgehead atoms. The second-order valence-corrected chi connectivity index (χ2v) is 4.92. The highest BCUT2D eigenvalue weighted by Gasteiger charge is 2.12. The average molecular weight is 283 g/mol. The molecule has 0 aliphatic carbocycles. The van der Waals surface area contributed by atoms with Crippen LogP contribution < -0.4 is 5.32 Å². The maximum atomic E-state index is 9.89. The number of rotatable bonds is 6. The van der Waals surface area contributed by atoms with Crippen molar-refractivity contribution in [3.05, 3.63) is 66.2 Å². The molecule has 0 saturated carbocycles. The summed E-state index contributed by atoms with van der Waals surface area (Å²) in [5.74, 6) is 0. The van der Waals surface area contributed by atoms with Gasteiger partial charge >= 0.3 is 0 Å². The normalized spacial score (nSPS) is 14.2. The van der Waals surface area contributed by atoms with E-state index in [-0.39, 0.29) is 12.6 Å². The van der Waals surface area contributed by atoms with Gasteiger partial charge in [0.2, 0.25) is 0 Å². The summed E-state index contributed by atoms with van der Waals surface area (Å²) in [5.41, 5.74) is 3.36. The Morgan fingerprint density at radius 3 is 2.19 bits per heavy atom. The molecule has 0 radical (unpaired) electrons. The number of aliphatic hydroxyl groups is 2. The minimum absolute atomic E-state index is 0.102. The van der Waals surface area contributed by atoms with Crippen molar-refractivity contribution in [2.75, 3.05) is 13.7 Å². The molecule has 21 heavy (non-hydrogen) atoms. The third kappa shape index (κ3) is 4.26. The molecule has 0 saturated heterocycles. The van der Waals surface area contributed by atoms with E-state index in [1.54, 1.807) is 13.1 Å². The first-order valence-corrected chi connectivity index (χ1v) is 7.04. The van der Waals surface area contributed by atoms with Crippen LogP contribution >= 0.6 is 0 Å². The van der Waals surface area contributed by atoms with Gasteiger partial charge in [-0.1, -0.05) is 66.7 Å². The summed E-state index contributed by atoms with van der Waals surface area (Å²) in [4.78, 5) is 0.